The van der Waals surface area contributed by atoms with Crippen molar-refractivity contribution in [3.05, 3.63) is 24.3 Å². The summed E-state index contributed by atoms with van der Waals surface area (Å²) in [6.45, 7) is 3.92. The number of nitrogens with zero attached hydrogens (tertiary/aromatic N) is 2. The molecule has 2 aliphatic heterocycles. The zero-order valence-corrected chi connectivity index (χ0v) is 13.9. The van der Waals surface area contributed by atoms with Crippen LogP contribution in [-0.2, 0) is 4.79 Å². The Kier molecular flexibility index (Phi) is 5.69. The van der Waals surface area contributed by atoms with Gasteiger partial charge in [-0.25, -0.2) is 4.79 Å². The van der Waals surface area contributed by atoms with E-state index in [2.05, 4.69) is 10.2 Å². The van der Waals surface area contributed by atoms with Crippen molar-refractivity contribution in [3.8, 4) is 5.75 Å². The quantitative estimate of drug-likeness (QED) is 0.862. The van der Waals surface area contributed by atoms with E-state index in [1.54, 1.807) is 29.2 Å². The number of likely N-dealkylation sites (tertiary alicyclic amines) is 2. The molecule has 2 aliphatic rings. The van der Waals surface area contributed by atoms with Crippen LogP contribution < -0.4 is 10.1 Å². The van der Waals surface area contributed by atoms with Crippen molar-refractivity contribution in [3.63, 3.8) is 0 Å². The predicted molar refractivity (Wildman–Crippen MR) is 92.2 cm³/mol. The Balaban J connectivity index is 1.47. The molecular weight excluding hydrogens is 306 g/mol. The highest BCUT2D eigenvalue weighted by molar-refractivity contribution is 5.73. The van der Waals surface area contributed by atoms with Crippen molar-refractivity contribution < 1.29 is 14.3 Å². The summed E-state index contributed by atoms with van der Waals surface area (Å²) in [4.78, 5) is 27.0. The summed E-state index contributed by atoms with van der Waals surface area (Å²) >= 11 is 0. The molecule has 0 saturated carbocycles. The number of rotatable bonds is 4. The number of carbonyl (C=O) groups excluding carboxylic acids is 2. The summed E-state index contributed by atoms with van der Waals surface area (Å²) in [6, 6.07) is 7.40. The second-order valence-corrected chi connectivity index (χ2v) is 6.47. The SMILES string of the molecule is O=CNc1ccc(OC(=O)N2CCC(N3CCCCC3)CC2)cc1. The zero-order chi connectivity index (χ0) is 16.8. The minimum Gasteiger partial charge on any atom is -0.410 e. The number of hydrogen-bond donors (Lipinski definition) is 1. The topological polar surface area (TPSA) is 61.9 Å². The first kappa shape index (κ1) is 16.8. The van der Waals surface area contributed by atoms with E-state index in [1.807, 2.05) is 0 Å². The molecule has 0 radical (unpaired) electrons. The van der Waals surface area contributed by atoms with Crippen molar-refractivity contribution >= 4 is 18.2 Å². The van der Waals surface area contributed by atoms with Crippen LogP contribution in [0.2, 0.25) is 0 Å². The van der Waals surface area contributed by atoms with E-state index in [0.717, 1.165) is 25.9 Å². The molecule has 0 aliphatic carbocycles. The van der Waals surface area contributed by atoms with E-state index in [4.69, 9.17) is 4.74 Å². The molecule has 2 amide bonds. The Morgan fingerprint density at radius 2 is 1.71 bits per heavy atom. The van der Waals surface area contributed by atoms with Gasteiger partial charge in [-0.3, -0.25) is 4.79 Å². The van der Waals surface area contributed by atoms with E-state index >= 15 is 0 Å². The fourth-order valence-corrected chi connectivity index (χ4v) is 3.55. The van der Waals surface area contributed by atoms with Crippen LogP contribution in [0.25, 0.3) is 0 Å². The smallest absolute Gasteiger partial charge is 0.410 e. The fraction of sp³-hybridized carbons (Fsp3) is 0.556. The summed E-state index contributed by atoms with van der Waals surface area (Å²) in [6.07, 6.45) is 6.34. The van der Waals surface area contributed by atoms with Crippen LogP contribution in [0.15, 0.2) is 24.3 Å². The third-order valence-electron chi connectivity index (χ3n) is 4.91. The van der Waals surface area contributed by atoms with Crippen molar-refractivity contribution in [1.29, 1.82) is 0 Å². The molecule has 0 aromatic heterocycles. The minimum absolute atomic E-state index is 0.289. The number of carbonyl (C=O) groups is 2. The first-order chi connectivity index (χ1) is 11.8. The van der Waals surface area contributed by atoms with Crippen LogP contribution >= 0.6 is 0 Å². The Labute approximate surface area is 142 Å². The number of ether oxygens (including phenoxy) is 1. The summed E-state index contributed by atoms with van der Waals surface area (Å²) in [5.74, 6) is 0.495. The second kappa shape index (κ2) is 8.15. The molecule has 2 saturated heterocycles. The van der Waals surface area contributed by atoms with Crippen molar-refractivity contribution in [2.24, 2.45) is 0 Å². The fourth-order valence-electron chi connectivity index (χ4n) is 3.55. The average Bonchev–Trinajstić information content (AvgIpc) is 2.64. The summed E-state index contributed by atoms with van der Waals surface area (Å²) in [5, 5.41) is 2.55. The minimum atomic E-state index is -0.289. The van der Waals surface area contributed by atoms with E-state index < -0.39 is 0 Å². The van der Waals surface area contributed by atoms with Gasteiger partial charge in [-0.15, -0.1) is 0 Å². The Hall–Kier alpha value is -2.08. The monoisotopic (exact) mass is 331 g/mol. The second-order valence-electron chi connectivity index (χ2n) is 6.47. The Morgan fingerprint density at radius 1 is 1.04 bits per heavy atom. The highest BCUT2D eigenvalue weighted by Crippen LogP contribution is 2.22. The molecule has 0 spiro atoms. The van der Waals surface area contributed by atoms with Crippen LogP contribution in [0.4, 0.5) is 10.5 Å². The van der Waals surface area contributed by atoms with Gasteiger partial charge >= 0.3 is 6.09 Å². The molecule has 6 heteroatoms. The molecule has 3 rings (SSSR count). The number of hydrogen-bond acceptors (Lipinski definition) is 4. The first-order valence-electron chi connectivity index (χ1n) is 8.77. The lowest BCUT2D eigenvalue weighted by molar-refractivity contribution is -0.105. The maximum Gasteiger partial charge on any atom is 0.415 e. The van der Waals surface area contributed by atoms with Crippen LogP contribution in [0.1, 0.15) is 32.1 Å². The number of benzene rings is 1. The molecule has 6 nitrogen and oxygen atoms in total. The lowest BCUT2D eigenvalue weighted by atomic mass is 10.0. The summed E-state index contributed by atoms with van der Waals surface area (Å²) in [7, 11) is 0. The van der Waals surface area contributed by atoms with E-state index in [9.17, 15) is 9.59 Å². The third-order valence-corrected chi connectivity index (χ3v) is 4.91. The number of anilines is 1. The highest BCUT2D eigenvalue weighted by Gasteiger charge is 2.28. The van der Waals surface area contributed by atoms with Gasteiger partial charge in [0.25, 0.3) is 0 Å². The maximum absolute atomic E-state index is 12.3. The predicted octanol–water partition coefficient (Wildman–Crippen LogP) is 2.70. The highest BCUT2D eigenvalue weighted by atomic mass is 16.6. The molecule has 0 unspecified atom stereocenters. The first-order valence-corrected chi connectivity index (χ1v) is 8.77. The molecule has 1 N–H and O–H groups in total. The number of amides is 2. The lowest BCUT2D eigenvalue weighted by Crippen LogP contribution is -2.48. The Morgan fingerprint density at radius 3 is 2.33 bits per heavy atom. The van der Waals surface area contributed by atoms with Crippen molar-refractivity contribution in [1.82, 2.24) is 9.80 Å². The van der Waals surface area contributed by atoms with Crippen molar-refractivity contribution in [2.75, 3.05) is 31.5 Å². The van der Waals surface area contributed by atoms with Gasteiger partial charge in [0.2, 0.25) is 6.41 Å². The molecule has 130 valence electrons. The standard InChI is InChI=1S/C18H25N3O3/c22-14-19-15-4-6-17(7-5-15)24-18(23)21-12-8-16(9-13-21)20-10-2-1-3-11-20/h4-7,14,16H,1-3,8-13H2,(H,19,22). The van der Waals surface area contributed by atoms with E-state index in [1.165, 1.54) is 32.4 Å². The zero-order valence-electron chi connectivity index (χ0n) is 13.9. The summed E-state index contributed by atoms with van der Waals surface area (Å²) in [5.41, 5.74) is 0.673. The van der Waals surface area contributed by atoms with Gasteiger partial charge in [0, 0.05) is 24.8 Å². The Bertz CT molecular complexity index is 547. The van der Waals surface area contributed by atoms with Crippen LogP contribution in [0, 0.1) is 0 Å². The molecule has 1 aromatic rings. The molecular formula is C18H25N3O3. The van der Waals surface area contributed by atoms with Gasteiger partial charge in [0.1, 0.15) is 5.75 Å². The van der Waals surface area contributed by atoms with E-state index in [-0.39, 0.29) is 6.09 Å². The number of nitrogens with one attached hydrogen (secondary N) is 1. The van der Waals surface area contributed by atoms with Gasteiger partial charge in [0.15, 0.2) is 0 Å². The molecule has 24 heavy (non-hydrogen) atoms. The molecule has 1 aromatic carbocycles. The molecule has 0 bridgehead atoms. The largest absolute Gasteiger partial charge is 0.415 e. The van der Waals surface area contributed by atoms with Crippen molar-refractivity contribution in [2.45, 2.75) is 38.1 Å². The van der Waals surface area contributed by atoms with Gasteiger partial charge in [-0.05, 0) is 63.0 Å². The van der Waals surface area contributed by atoms with Crippen LogP contribution in [-0.4, -0.2) is 54.5 Å². The van der Waals surface area contributed by atoms with Gasteiger partial charge in [0.05, 0.1) is 0 Å². The molecule has 2 heterocycles. The van der Waals surface area contributed by atoms with Crippen LogP contribution in [0.3, 0.4) is 0 Å². The molecule has 0 atom stereocenters. The van der Waals surface area contributed by atoms with Gasteiger partial charge in [-0.1, -0.05) is 6.42 Å². The normalized spacial score (nSPS) is 19.8. The number of piperidine rings is 2. The van der Waals surface area contributed by atoms with Gasteiger partial charge in [-0.2, -0.15) is 0 Å². The van der Waals surface area contributed by atoms with Gasteiger partial charge < -0.3 is 19.9 Å². The summed E-state index contributed by atoms with van der Waals surface area (Å²) < 4.78 is 5.42. The maximum atomic E-state index is 12.3. The van der Waals surface area contributed by atoms with Crippen LogP contribution in [0.5, 0.6) is 5.75 Å². The average molecular weight is 331 g/mol. The third kappa shape index (κ3) is 4.26. The molecule has 2 fully saturated rings. The lowest BCUT2D eigenvalue weighted by Gasteiger charge is -2.39. The van der Waals surface area contributed by atoms with E-state index in [0.29, 0.717) is 23.9 Å².